The maximum absolute atomic E-state index is 12.2. The Labute approximate surface area is 133 Å². The fourth-order valence-electron chi connectivity index (χ4n) is 2.02. The van der Waals surface area contributed by atoms with Crippen LogP contribution in [0.2, 0.25) is 0 Å². The Kier molecular flexibility index (Phi) is 5.68. The second-order valence-electron chi connectivity index (χ2n) is 4.89. The number of nitrogens with two attached hydrogens (primary N) is 1. The van der Waals surface area contributed by atoms with Gasteiger partial charge in [0.25, 0.3) is 0 Å². The van der Waals surface area contributed by atoms with E-state index in [1.807, 2.05) is 35.7 Å². The van der Waals surface area contributed by atoms with Gasteiger partial charge in [-0.1, -0.05) is 24.3 Å². The number of anilines is 1. The molecule has 0 saturated heterocycles. The molecule has 0 bridgehead atoms. The summed E-state index contributed by atoms with van der Waals surface area (Å²) < 4.78 is 0. The van der Waals surface area contributed by atoms with Gasteiger partial charge >= 0.3 is 0 Å². The van der Waals surface area contributed by atoms with E-state index in [2.05, 4.69) is 10.6 Å². The fraction of sp³-hybridized carbons (Fsp3) is 0.250. The van der Waals surface area contributed by atoms with Gasteiger partial charge in [0.15, 0.2) is 0 Å². The zero-order chi connectivity index (χ0) is 15.9. The van der Waals surface area contributed by atoms with Gasteiger partial charge in [-0.25, -0.2) is 0 Å². The number of thiophene rings is 1. The maximum atomic E-state index is 12.2. The summed E-state index contributed by atoms with van der Waals surface area (Å²) >= 11 is 1.58. The van der Waals surface area contributed by atoms with Gasteiger partial charge in [0.2, 0.25) is 11.8 Å². The van der Waals surface area contributed by atoms with Gasteiger partial charge in [-0.2, -0.15) is 0 Å². The predicted molar refractivity (Wildman–Crippen MR) is 88.8 cm³/mol. The van der Waals surface area contributed by atoms with Gasteiger partial charge in [0, 0.05) is 24.0 Å². The molecule has 2 aromatic rings. The molecule has 0 spiro atoms. The van der Waals surface area contributed by atoms with E-state index in [-0.39, 0.29) is 18.2 Å². The lowest BCUT2D eigenvalue weighted by molar-refractivity contribution is -0.120. The molecule has 0 aliphatic heterocycles. The lowest BCUT2D eigenvalue weighted by atomic mass is 10.1. The van der Waals surface area contributed by atoms with Crippen LogP contribution in [0.3, 0.4) is 0 Å². The normalized spacial score (nSPS) is 11.7. The van der Waals surface area contributed by atoms with E-state index in [9.17, 15) is 9.59 Å². The Morgan fingerprint density at radius 3 is 2.68 bits per heavy atom. The fourth-order valence-corrected chi connectivity index (χ4v) is 2.79. The molecule has 0 aliphatic carbocycles. The van der Waals surface area contributed by atoms with Crippen molar-refractivity contribution in [3.05, 3.63) is 52.2 Å². The Morgan fingerprint density at radius 1 is 1.23 bits per heavy atom. The molecule has 2 rings (SSSR count). The summed E-state index contributed by atoms with van der Waals surface area (Å²) in [5, 5.41) is 7.34. The number of rotatable bonds is 6. The van der Waals surface area contributed by atoms with E-state index in [0.717, 1.165) is 10.4 Å². The molecule has 116 valence electrons. The van der Waals surface area contributed by atoms with Crippen LogP contribution in [0.1, 0.15) is 10.4 Å². The molecular weight excluding hydrogens is 298 g/mol. The van der Waals surface area contributed by atoms with Crippen molar-refractivity contribution >= 4 is 28.8 Å². The molecule has 1 aromatic carbocycles. The van der Waals surface area contributed by atoms with Crippen LogP contribution in [0.4, 0.5) is 5.69 Å². The molecule has 1 heterocycles. The quantitative estimate of drug-likeness (QED) is 0.755. The van der Waals surface area contributed by atoms with Gasteiger partial charge in [-0.15, -0.1) is 11.3 Å². The smallest absolute Gasteiger partial charge is 0.241 e. The Morgan fingerprint density at radius 2 is 2.00 bits per heavy atom. The summed E-state index contributed by atoms with van der Waals surface area (Å²) in [5.74, 6) is -0.359. The zero-order valence-electron chi connectivity index (χ0n) is 12.3. The third-order valence-corrected chi connectivity index (χ3v) is 4.14. The van der Waals surface area contributed by atoms with Crippen LogP contribution in [0.15, 0.2) is 41.8 Å². The van der Waals surface area contributed by atoms with Gasteiger partial charge in [0.1, 0.15) is 0 Å². The molecule has 0 fully saturated rings. The molecule has 0 radical (unpaired) electrons. The number of para-hydroxylation sites is 1. The van der Waals surface area contributed by atoms with E-state index in [4.69, 9.17) is 5.73 Å². The number of carbonyl (C=O) groups excluding carboxylic acids is 2. The summed E-state index contributed by atoms with van der Waals surface area (Å²) in [6.07, 6.45) is 0.716. The first kappa shape index (κ1) is 16.2. The number of nitrogens with one attached hydrogen (secondary N) is 2. The Balaban J connectivity index is 2.03. The summed E-state index contributed by atoms with van der Waals surface area (Å²) in [4.78, 5) is 24.8. The molecule has 22 heavy (non-hydrogen) atoms. The SMILES string of the molecule is CNC(=O)Cc1ccccc1NC(=O)C(N)Cc1cccs1. The predicted octanol–water partition coefficient (Wildman–Crippen LogP) is 1.55. The van der Waals surface area contributed by atoms with E-state index in [1.165, 1.54) is 0 Å². The van der Waals surface area contributed by atoms with Crippen LogP contribution < -0.4 is 16.4 Å². The molecule has 0 saturated carbocycles. The van der Waals surface area contributed by atoms with Crippen molar-refractivity contribution in [3.63, 3.8) is 0 Å². The second-order valence-corrected chi connectivity index (χ2v) is 5.92. The second kappa shape index (κ2) is 7.72. The number of likely N-dealkylation sites (N-methyl/N-ethyl adjacent to an activating group) is 1. The van der Waals surface area contributed by atoms with Crippen molar-refractivity contribution < 1.29 is 9.59 Å². The van der Waals surface area contributed by atoms with Crippen LogP contribution in [-0.2, 0) is 22.4 Å². The zero-order valence-corrected chi connectivity index (χ0v) is 13.2. The highest BCUT2D eigenvalue weighted by Gasteiger charge is 2.16. The molecule has 1 aromatic heterocycles. The topological polar surface area (TPSA) is 84.2 Å². The van der Waals surface area contributed by atoms with Crippen LogP contribution >= 0.6 is 11.3 Å². The lowest BCUT2D eigenvalue weighted by Crippen LogP contribution is -2.37. The highest BCUT2D eigenvalue weighted by molar-refractivity contribution is 7.09. The third kappa shape index (κ3) is 4.41. The molecule has 5 nitrogen and oxygen atoms in total. The lowest BCUT2D eigenvalue weighted by Gasteiger charge is -2.14. The van der Waals surface area contributed by atoms with Gasteiger partial charge < -0.3 is 16.4 Å². The highest BCUT2D eigenvalue weighted by Crippen LogP contribution is 2.17. The summed E-state index contributed by atoms with van der Waals surface area (Å²) in [7, 11) is 1.58. The molecule has 6 heteroatoms. The first-order valence-corrected chi connectivity index (χ1v) is 7.85. The van der Waals surface area contributed by atoms with Crippen molar-refractivity contribution in [2.24, 2.45) is 5.73 Å². The van der Waals surface area contributed by atoms with Gasteiger partial charge in [-0.3, -0.25) is 9.59 Å². The molecular formula is C16H19N3O2S. The molecule has 0 aliphatic rings. The Hall–Kier alpha value is -2.18. The minimum absolute atomic E-state index is 0.107. The first-order valence-electron chi connectivity index (χ1n) is 6.97. The van der Waals surface area contributed by atoms with E-state index >= 15 is 0 Å². The number of amides is 2. The monoisotopic (exact) mass is 317 g/mol. The number of hydrogen-bond donors (Lipinski definition) is 3. The van der Waals surface area contributed by atoms with Gasteiger partial charge in [0.05, 0.1) is 12.5 Å². The average Bonchev–Trinajstić information content (AvgIpc) is 3.01. The third-order valence-electron chi connectivity index (χ3n) is 3.24. The number of hydrogen-bond acceptors (Lipinski definition) is 4. The maximum Gasteiger partial charge on any atom is 0.241 e. The van der Waals surface area contributed by atoms with Crippen molar-refractivity contribution in [1.29, 1.82) is 0 Å². The Bertz CT molecular complexity index is 641. The van der Waals surface area contributed by atoms with E-state index in [1.54, 1.807) is 24.5 Å². The molecule has 2 amide bonds. The standard InChI is InChI=1S/C16H19N3O2S/c1-18-15(20)9-11-5-2-3-7-14(11)19-16(21)13(17)10-12-6-4-8-22-12/h2-8,13H,9-10,17H2,1H3,(H,18,20)(H,19,21). The largest absolute Gasteiger partial charge is 0.359 e. The highest BCUT2D eigenvalue weighted by atomic mass is 32.1. The van der Waals surface area contributed by atoms with Crippen LogP contribution in [-0.4, -0.2) is 24.9 Å². The van der Waals surface area contributed by atoms with E-state index < -0.39 is 6.04 Å². The molecule has 4 N–H and O–H groups in total. The summed E-state index contributed by atoms with van der Waals surface area (Å²) in [5.41, 5.74) is 7.33. The van der Waals surface area contributed by atoms with Crippen LogP contribution in [0.5, 0.6) is 0 Å². The van der Waals surface area contributed by atoms with Crippen molar-refractivity contribution in [1.82, 2.24) is 5.32 Å². The summed E-state index contributed by atoms with van der Waals surface area (Å²) in [6, 6.07) is 10.5. The van der Waals surface area contributed by atoms with Gasteiger partial charge in [-0.05, 0) is 23.1 Å². The summed E-state index contributed by atoms with van der Waals surface area (Å²) in [6.45, 7) is 0. The first-order chi connectivity index (χ1) is 10.6. The van der Waals surface area contributed by atoms with Crippen LogP contribution in [0, 0.1) is 0 Å². The number of carbonyl (C=O) groups is 2. The van der Waals surface area contributed by atoms with Crippen molar-refractivity contribution in [2.45, 2.75) is 18.9 Å². The van der Waals surface area contributed by atoms with Crippen molar-refractivity contribution in [3.8, 4) is 0 Å². The minimum Gasteiger partial charge on any atom is -0.359 e. The average molecular weight is 317 g/mol. The molecule has 1 unspecified atom stereocenters. The number of benzene rings is 1. The van der Waals surface area contributed by atoms with Crippen molar-refractivity contribution in [2.75, 3.05) is 12.4 Å². The minimum atomic E-state index is -0.619. The van der Waals surface area contributed by atoms with Crippen LogP contribution in [0.25, 0.3) is 0 Å². The van der Waals surface area contributed by atoms with E-state index in [0.29, 0.717) is 12.1 Å². The molecule has 1 atom stereocenters.